The molecule has 134 valence electrons. The molecule has 0 bridgehead atoms. The van der Waals surface area contributed by atoms with E-state index in [1.54, 1.807) is 18.5 Å². The van der Waals surface area contributed by atoms with Crippen LogP contribution in [-0.4, -0.2) is 45.0 Å². The summed E-state index contributed by atoms with van der Waals surface area (Å²) >= 11 is 0. The first-order valence-electron chi connectivity index (χ1n) is 8.15. The van der Waals surface area contributed by atoms with Crippen LogP contribution in [0.4, 0.5) is 0 Å². The summed E-state index contributed by atoms with van der Waals surface area (Å²) in [5.41, 5.74) is 2.03. The molecule has 1 amide bonds. The van der Waals surface area contributed by atoms with Crippen LogP contribution in [0.15, 0.2) is 47.2 Å². The van der Waals surface area contributed by atoms with Gasteiger partial charge >= 0.3 is 0 Å². The van der Waals surface area contributed by atoms with Crippen LogP contribution in [0.2, 0.25) is 0 Å². The molecule has 0 aliphatic carbocycles. The number of hydrogen-bond donors (Lipinski definition) is 1. The van der Waals surface area contributed by atoms with Gasteiger partial charge < -0.3 is 9.84 Å². The van der Waals surface area contributed by atoms with E-state index in [9.17, 15) is 4.79 Å². The zero-order chi connectivity index (χ0) is 18.5. The number of hydrogen-bond acceptors (Lipinski definition) is 7. The minimum atomic E-state index is -0.408. The average Bonchev–Trinajstić information content (AvgIpc) is 3.10. The fraction of sp³-hybridized carbons (Fsp3) is 0.278. The van der Waals surface area contributed by atoms with Crippen molar-refractivity contribution in [2.75, 3.05) is 14.1 Å². The molecule has 0 fully saturated rings. The Morgan fingerprint density at radius 2 is 1.96 bits per heavy atom. The van der Waals surface area contributed by atoms with Crippen LogP contribution >= 0.6 is 0 Å². The summed E-state index contributed by atoms with van der Waals surface area (Å²) in [6, 6.07) is 9.18. The highest BCUT2D eigenvalue weighted by molar-refractivity contribution is 5.83. The van der Waals surface area contributed by atoms with E-state index in [-0.39, 0.29) is 18.3 Å². The van der Waals surface area contributed by atoms with Crippen LogP contribution in [0.5, 0.6) is 0 Å². The van der Waals surface area contributed by atoms with Gasteiger partial charge in [0.1, 0.15) is 6.04 Å². The van der Waals surface area contributed by atoms with Gasteiger partial charge in [0, 0.05) is 12.4 Å². The van der Waals surface area contributed by atoms with E-state index in [4.69, 9.17) is 4.52 Å². The van der Waals surface area contributed by atoms with Crippen molar-refractivity contribution in [2.45, 2.75) is 19.5 Å². The summed E-state index contributed by atoms with van der Waals surface area (Å²) in [6.45, 7) is 2.13. The standard InChI is InChI=1S/C18H20N6O2/c1-12-6-4-7-13(10-12)15(24(2)3)18(25)21-11-14-22-17(23-26-14)16-19-8-5-9-20-16/h4-10,15H,11H2,1-3H3,(H,21,25)/t15-/m0/s1. The number of aromatic nitrogens is 4. The van der Waals surface area contributed by atoms with Crippen molar-refractivity contribution in [3.63, 3.8) is 0 Å². The zero-order valence-electron chi connectivity index (χ0n) is 14.9. The van der Waals surface area contributed by atoms with Crippen molar-refractivity contribution < 1.29 is 9.32 Å². The van der Waals surface area contributed by atoms with Crippen LogP contribution in [-0.2, 0) is 11.3 Å². The molecule has 26 heavy (non-hydrogen) atoms. The molecule has 0 aliphatic heterocycles. The van der Waals surface area contributed by atoms with E-state index >= 15 is 0 Å². The molecule has 8 nitrogen and oxygen atoms in total. The molecule has 0 saturated heterocycles. The predicted molar refractivity (Wildman–Crippen MR) is 94.8 cm³/mol. The Hall–Kier alpha value is -3.13. The predicted octanol–water partition coefficient (Wildman–Crippen LogP) is 1.75. The quantitative estimate of drug-likeness (QED) is 0.722. The van der Waals surface area contributed by atoms with Gasteiger partial charge in [0.05, 0.1) is 6.54 Å². The lowest BCUT2D eigenvalue weighted by molar-refractivity contribution is -0.126. The summed E-state index contributed by atoms with van der Waals surface area (Å²) in [5.74, 6) is 0.816. The summed E-state index contributed by atoms with van der Waals surface area (Å²) in [5, 5.41) is 6.69. The van der Waals surface area contributed by atoms with E-state index < -0.39 is 6.04 Å². The minimum Gasteiger partial charge on any atom is -0.345 e. The van der Waals surface area contributed by atoms with E-state index in [0.717, 1.165) is 11.1 Å². The molecule has 8 heteroatoms. The first-order chi connectivity index (χ1) is 12.5. The fourth-order valence-electron chi connectivity index (χ4n) is 2.62. The highest BCUT2D eigenvalue weighted by Gasteiger charge is 2.23. The molecule has 1 N–H and O–H groups in total. The number of benzene rings is 1. The van der Waals surface area contributed by atoms with Gasteiger partial charge in [-0.2, -0.15) is 4.98 Å². The van der Waals surface area contributed by atoms with E-state index in [0.29, 0.717) is 11.7 Å². The third-order valence-electron chi connectivity index (χ3n) is 3.77. The first kappa shape index (κ1) is 17.7. The van der Waals surface area contributed by atoms with Crippen LogP contribution in [0.25, 0.3) is 11.6 Å². The number of aryl methyl sites for hydroxylation is 1. The Kier molecular flexibility index (Phi) is 5.33. The second-order valence-corrected chi connectivity index (χ2v) is 6.08. The van der Waals surface area contributed by atoms with Crippen molar-refractivity contribution in [3.8, 4) is 11.6 Å². The Labute approximate surface area is 151 Å². The lowest BCUT2D eigenvalue weighted by Gasteiger charge is -2.23. The van der Waals surface area contributed by atoms with Gasteiger partial charge in [-0.25, -0.2) is 9.97 Å². The SMILES string of the molecule is Cc1cccc([C@@H](C(=O)NCc2nc(-c3ncccn3)no2)N(C)C)c1. The van der Waals surface area contributed by atoms with Crippen molar-refractivity contribution in [1.29, 1.82) is 0 Å². The largest absolute Gasteiger partial charge is 0.345 e. The topological polar surface area (TPSA) is 97.0 Å². The Balaban J connectivity index is 1.68. The highest BCUT2D eigenvalue weighted by Crippen LogP contribution is 2.19. The van der Waals surface area contributed by atoms with Gasteiger partial charge in [-0.3, -0.25) is 9.69 Å². The van der Waals surface area contributed by atoms with Crippen molar-refractivity contribution in [1.82, 2.24) is 30.3 Å². The maximum atomic E-state index is 12.7. The van der Waals surface area contributed by atoms with Gasteiger partial charge in [0.15, 0.2) is 0 Å². The molecule has 2 aromatic heterocycles. The lowest BCUT2D eigenvalue weighted by Crippen LogP contribution is -2.36. The summed E-state index contributed by atoms with van der Waals surface area (Å²) < 4.78 is 5.17. The van der Waals surface area contributed by atoms with Gasteiger partial charge in [-0.05, 0) is 32.6 Å². The molecule has 0 radical (unpaired) electrons. The lowest BCUT2D eigenvalue weighted by atomic mass is 10.0. The molecule has 2 heterocycles. The molecule has 0 aliphatic rings. The molecule has 0 spiro atoms. The van der Waals surface area contributed by atoms with Gasteiger partial charge in [-0.15, -0.1) is 0 Å². The Morgan fingerprint density at radius 3 is 2.65 bits per heavy atom. The number of likely N-dealkylation sites (N-methyl/N-ethyl adjacent to an activating group) is 1. The zero-order valence-corrected chi connectivity index (χ0v) is 14.9. The second kappa shape index (κ2) is 7.83. The maximum Gasteiger partial charge on any atom is 0.246 e. The van der Waals surface area contributed by atoms with E-state index in [1.165, 1.54) is 0 Å². The Bertz CT molecular complexity index is 878. The normalized spacial score (nSPS) is 12.2. The van der Waals surface area contributed by atoms with Crippen LogP contribution in [0, 0.1) is 6.92 Å². The van der Waals surface area contributed by atoms with E-state index in [2.05, 4.69) is 25.4 Å². The molecule has 0 unspecified atom stereocenters. The second-order valence-electron chi connectivity index (χ2n) is 6.08. The van der Waals surface area contributed by atoms with Crippen LogP contribution in [0.3, 0.4) is 0 Å². The van der Waals surface area contributed by atoms with Gasteiger partial charge in [0.25, 0.3) is 0 Å². The van der Waals surface area contributed by atoms with Crippen molar-refractivity contribution >= 4 is 5.91 Å². The molecular formula is C18H20N6O2. The molecule has 1 atom stereocenters. The number of rotatable bonds is 6. The minimum absolute atomic E-state index is 0.134. The molecule has 0 saturated carbocycles. The van der Waals surface area contributed by atoms with Gasteiger partial charge in [-0.1, -0.05) is 35.0 Å². The van der Waals surface area contributed by atoms with Gasteiger partial charge in [0.2, 0.25) is 23.4 Å². The third-order valence-corrected chi connectivity index (χ3v) is 3.77. The van der Waals surface area contributed by atoms with Crippen molar-refractivity contribution in [2.24, 2.45) is 0 Å². The number of carbonyl (C=O) groups is 1. The number of amides is 1. The molecule has 3 rings (SSSR count). The maximum absolute atomic E-state index is 12.7. The van der Waals surface area contributed by atoms with Crippen molar-refractivity contribution in [3.05, 3.63) is 59.7 Å². The summed E-state index contributed by atoms with van der Waals surface area (Å²) in [6.07, 6.45) is 3.20. The smallest absolute Gasteiger partial charge is 0.246 e. The highest BCUT2D eigenvalue weighted by atomic mass is 16.5. The third kappa shape index (κ3) is 4.09. The van der Waals surface area contributed by atoms with E-state index in [1.807, 2.05) is 50.2 Å². The number of nitrogens with zero attached hydrogens (tertiary/aromatic N) is 5. The number of carbonyl (C=O) groups excluding carboxylic acids is 1. The average molecular weight is 352 g/mol. The molecular weight excluding hydrogens is 332 g/mol. The summed E-state index contributed by atoms with van der Waals surface area (Å²) in [7, 11) is 3.73. The molecule has 3 aromatic rings. The van der Waals surface area contributed by atoms with Crippen LogP contribution in [0.1, 0.15) is 23.1 Å². The monoisotopic (exact) mass is 352 g/mol. The van der Waals surface area contributed by atoms with Crippen LogP contribution < -0.4 is 5.32 Å². The summed E-state index contributed by atoms with van der Waals surface area (Å²) in [4.78, 5) is 26.9. The molecule has 1 aromatic carbocycles. The number of nitrogens with one attached hydrogen (secondary N) is 1. The Morgan fingerprint density at radius 1 is 1.19 bits per heavy atom. The first-order valence-corrected chi connectivity index (χ1v) is 8.15. The fourth-order valence-corrected chi connectivity index (χ4v) is 2.62.